The number of carbonyl (C=O) groups excluding carboxylic acids is 2. The predicted molar refractivity (Wildman–Crippen MR) is 298 cm³/mol. The molecule has 0 fully saturated rings. The molecule has 0 aliphatic rings. The maximum Gasteiger partial charge on any atom is 0.306 e. The van der Waals surface area contributed by atoms with E-state index in [1.807, 2.05) is 0 Å². The minimum Gasteiger partial charge on any atom is -0.462 e. The summed E-state index contributed by atoms with van der Waals surface area (Å²) in [6, 6.07) is 0. The molecule has 0 aromatic heterocycles. The van der Waals surface area contributed by atoms with Crippen molar-refractivity contribution in [1.82, 2.24) is 0 Å². The Morgan fingerprint density at radius 1 is 0.324 bits per heavy atom. The normalized spacial score (nSPS) is 12.6. The van der Waals surface area contributed by atoms with E-state index < -0.39 is 6.10 Å². The van der Waals surface area contributed by atoms with Gasteiger partial charge in [0.1, 0.15) is 6.61 Å². The average molecular weight is 952 g/mol. The van der Waals surface area contributed by atoms with Crippen LogP contribution in [0.1, 0.15) is 303 Å². The Kier molecular flexibility index (Phi) is 56.8. The second-order valence-electron chi connectivity index (χ2n) is 19.9. The molecule has 0 heterocycles. The molecule has 0 radical (unpaired) electrons. The third-order valence-electron chi connectivity index (χ3n) is 13.0. The summed E-state index contributed by atoms with van der Waals surface area (Å²) in [5.74, 6) is -0.403. The van der Waals surface area contributed by atoms with Gasteiger partial charge in [-0.15, -0.1) is 0 Å². The van der Waals surface area contributed by atoms with Gasteiger partial charge in [0.2, 0.25) is 0 Å². The van der Waals surface area contributed by atoms with Crippen molar-refractivity contribution >= 4 is 11.9 Å². The van der Waals surface area contributed by atoms with Crippen molar-refractivity contribution in [3.8, 4) is 0 Å². The van der Waals surface area contributed by atoms with Gasteiger partial charge in [-0.1, -0.05) is 261 Å². The first kappa shape index (κ1) is 65.6. The molecule has 1 unspecified atom stereocenters. The largest absolute Gasteiger partial charge is 0.462 e. The van der Waals surface area contributed by atoms with E-state index in [1.165, 1.54) is 199 Å². The van der Waals surface area contributed by atoms with Crippen LogP contribution in [0.4, 0.5) is 0 Å². The van der Waals surface area contributed by atoms with Crippen LogP contribution in [-0.2, 0) is 23.8 Å². The topological polar surface area (TPSA) is 61.8 Å². The maximum atomic E-state index is 12.9. The lowest BCUT2D eigenvalue weighted by molar-refractivity contribution is -0.163. The molecule has 0 amide bonds. The first-order chi connectivity index (χ1) is 33.6. The Bertz CT molecular complexity index is 1170. The molecular formula is C63H114O5. The summed E-state index contributed by atoms with van der Waals surface area (Å²) >= 11 is 0. The SMILES string of the molecule is CCCCC/C=C\C/C=C\C/C=C\CCCCCCCCC(=O)OCC(COCCCCCCCC/C=C\C/C=C\CCCCC)OC(=O)CCCCCCCCCCCCCCCCCCC. The highest BCUT2D eigenvalue weighted by Gasteiger charge is 2.17. The summed E-state index contributed by atoms with van der Waals surface area (Å²) < 4.78 is 17.5. The van der Waals surface area contributed by atoms with Crippen molar-refractivity contribution < 1.29 is 23.8 Å². The van der Waals surface area contributed by atoms with Gasteiger partial charge in [0, 0.05) is 19.4 Å². The van der Waals surface area contributed by atoms with Gasteiger partial charge in [-0.05, 0) is 89.9 Å². The highest BCUT2D eigenvalue weighted by Crippen LogP contribution is 2.16. The molecule has 0 N–H and O–H groups in total. The van der Waals surface area contributed by atoms with Gasteiger partial charge in [0.25, 0.3) is 0 Å². The Hall–Kier alpha value is -2.40. The third-order valence-corrected chi connectivity index (χ3v) is 13.0. The van der Waals surface area contributed by atoms with Gasteiger partial charge >= 0.3 is 11.9 Å². The molecule has 0 aliphatic carbocycles. The van der Waals surface area contributed by atoms with Crippen molar-refractivity contribution in [2.45, 2.75) is 309 Å². The molecule has 0 spiro atoms. The molecule has 0 saturated heterocycles. The maximum absolute atomic E-state index is 12.9. The summed E-state index contributed by atoms with van der Waals surface area (Å²) in [6.07, 6.45) is 75.2. The van der Waals surface area contributed by atoms with Gasteiger partial charge < -0.3 is 14.2 Å². The molecule has 396 valence electrons. The zero-order valence-corrected chi connectivity index (χ0v) is 45.6. The second kappa shape index (κ2) is 58.9. The first-order valence-corrected chi connectivity index (χ1v) is 29.8. The number of ether oxygens (including phenoxy) is 3. The standard InChI is InChI=1S/C63H114O5/c1-4-7-10-13-16-19-22-25-28-31-32-34-35-38-41-44-47-50-53-56-62(64)67-60-61(59-66-58-55-52-49-46-43-40-37-30-27-24-21-18-15-12-9-6-3)68-63(65)57-54-51-48-45-42-39-36-33-29-26-23-20-17-14-11-8-5-2/h16,18-19,21,25,27-28,30,32,34,61H,4-15,17,20,22-24,26,29,31,33,35-60H2,1-3H3/b19-16-,21-18-,28-25-,30-27-,34-32-. The fourth-order valence-electron chi connectivity index (χ4n) is 8.55. The Morgan fingerprint density at radius 2 is 0.618 bits per heavy atom. The van der Waals surface area contributed by atoms with Crippen molar-refractivity contribution in [1.29, 1.82) is 0 Å². The van der Waals surface area contributed by atoms with E-state index in [0.29, 0.717) is 19.4 Å². The van der Waals surface area contributed by atoms with Crippen molar-refractivity contribution in [2.24, 2.45) is 0 Å². The predicted octanol–water partition coefficient (Wildman–Crippen LogP) is 20.5. The molecule has 0 aromatic rings. The number of rotatable bonds is 55. The van der Waals surface area contributed by atoms with Crippen LogP contribution in [0.3, 0.4) is 0 Å². The Morgan fingerprint density at radius 3 is 1.01 bits per heavy atom. The van der Waals surface area contributed by atoms with Gasteiger partial charge in [0.15, 0.2) is 6.10 Å². The average Bonchev–Trinajstić information content (AvgIpc) is 3.34. The fraction of sp³-hybridized carbons (Fsp3) is 0.810. The molecule has 5 nitrogen and oxygen atoms in total. The van der Waals surface area contributed by atoms with Gasteiger partial charge in [-0.2, -0.15) is 0 Å². The lowest BCUT2D eigenvalue weighted by Gasteiger charge is -2.18. The summed E-state index contributed by atoms with van der Waals surface area (Å²) in [6.45, 7) is 7.79. The third kappa shape index (κ3) is 56.2. The summed E-state index contributed by atoms with van der Waals surface area (Å²) in [5, 5.41) is 0. The molecule has 0 rings (SSSR count). The highest BCUT2D eigenvalue weighted by molar-refractivity contribution is 5.70. The lowest BCUT2D eigenvalue weighted by atomic mass is 10.0. The van der Waals surface area contributed by atoms with E-state index in [2.05, 4.69) is 81.5 Å². The number of unbranched alkanes of at least 4 members (excludes halogenated alkanes) is 34. The van der Waals surface area contributed by atoms with E-state index in [9.17, 15) is 9.59 Å². The fourth-order valence-corrected chi connectivity index (χ4v) is 8.55. The molecule has 0 aromatic carbocycles. The smallest absolute Gasteiger partial charge is 0.306 e. The van der Waals surface area contributed by atoms with E-state index in [0.717, 1.165) is 70.6 Å². The Labute approximate surface area is 424 Å². The monoisotopic (exact) mass is 951 g/mol. The number of hydrogen-bond acceptors (Lipinski definition) is 5. The van der Waals surface area contributed by atoms with Crippen LogP contribution in [-0.4, -0.2) is 37.9 Å². The number of allylic oxidation sites excluding steroid dienone is 10. The molecule has 68 heavy (non-hydrogen) atoms. The Balaban J connectivity index is 4.29. The summed E-state index contributed by atoms with van der Waals surface area (Å²) in [7, 11) is 0. The van der Waals surface area contributed by atoms with E-state index in [1.54, 1.807) is 0 Å². The van der Waals surface area contributed by atoms with Gasteiger partial charge in [-0.3, -0.25) is 9.59 Å². The molecule has 5 heteroatoms. The first-order valence-electron chi connectivity index (χ1n) is 29.8. The number of esters is 2. The number of hydrogen-bond donors (Lipinski definition) is 0. The van der Waals surface area contributed by atoms with Crippen LogP contribution >= 0.6 is 0 Å². The van der Waals surface area contributed by atoms with Gasteiger partial charge in [0.05, 0.1) is 6.61 Å². The van der Waals surface area contributed by atoms with E-state index in [-0.39, 0.29) is 25.2 Å². The minimum atomic E-state index is -0.547. The van der Waals surface area contributed by atoms with Crippen molar-refractivity contribution in [2.75, 3.05) is 19.8 Å². The van der Waals surface area contributed by atoms with E-state index in [4.69, 9.17) is 14.2 Å². The number of carbonyl (C=O) groups is 2. The molecule has 1 atom stereocenters. The molecular weight excluding hydrogens is 837 g/mol. The minimum absolute atomic E-state index is 0.0762. The second-order valence-corrected chi connectivity index (χ2v) is 19.9. The molecule has 0 bridgehead atoms. The van der Waals surface area contributed by atoms with Crippen molar-refractivity contribution in [3.05, 3.63) is 60.8 Å². The lowest BCUT2D eigenvalue weighted by Crippen LogP contribution is -2.30. The van der Waals surface area contributed by atoms with E-state index >= 15 is 0 Å². The van der Waals surface area contributed by atoms with Gasteiger partial charge in [-0.25, -0.2) is 0 Å². The summed E-state index contributed by atoms with van der Waals surface area (Å²) in [5.41, 5.74) is 0. The highest BCUT2D eigenvalue weighted by atomic mass is 16.6. The molecule has 0 aliphatic heterocycles. The summed E-state index contributed by atoms with van der Waals surface area (Å²) in [4.78, 5) is 25.6. The van der Waals surface area contributed by atoms with Crippen LogP contribution in [0, 0.1) is 0 Å². The quantitative estimate of drug-likeness (QED) is 0.0345. The zero-order valence-electron chi connectivity index (χ0n) is 45.6. The van der Waals surface area contributed by atoms with Crippen LogP contribution in [0.15, 0.2) is 60.8 Å². The van der Waals surface area contributed by atoms with Crippen LogP contribution in [0.2, 0.25) is 0 Å². The van der Waals surface area contributed by atoms with Crippen LogP contribution < -0.4 is 0 Å². The van der Waals surface area contributed by atoms with Crippen LogP contribution in [0.25, 0.3) is 0 Å². The van der Waals surface area contributed by atoms with Crippen molar-refractivity contribution in [3.63, 3.8) is 0 Å². The molecule has 0 saturated carbocycles. The van der Waals surface area contributed by atoms with Crippen LogP contribution in [0.5, 0.6) is 0 Å². The zero-order chi connectivity index (χ0) is 49.2.